The lowest BCUT2D eigenvalue weighted by molar-refractivity contribution is -0.119. The molecule has 1 N–H and O–H groups in total. The van der Waals surface area contributed by atoms with Crippen LogP contribution in [0.1, 0.15) is 44.8 Å². The first-order valence-corrected chi connectivity index (χ1v) is 13.6. The van der Waals surface area contributed by atoms with Gasteiger partial charge in [0.1, 0.15) is 6.54 Å². The smallest absolute Gasteiger partial charge is 0.272 e. The van der Waals surface area contributed by atoms with Gasteiger partial charge in [0.2, 0.25) is 5.91 Å². The fourth-order valence-corrected chi connectivity index (χ4v) is 5.38. The molecular weight excluding hydrogens is 506 g/mol. The number of fused-ring (bicyclic) bond motifs is 2. The van der Waals surface area contributed by atoms with Crippen molar-refractivity contribution >= 4 is 34.3 Å². The zero-order valence-electron chi connectivity index (χ0n) is 22.4. The van der Waals surface area contributed by atoms with Crippen LogP contribution in [-0.2, 0) is 22.6 Å². The number of nitrogens with one attached hydrogen (secondary N) is 1. The SMILES string of the molecule is CN1CC(=O)N(Cc2ccc(Cn3nc(C(=O)NCC4CCCO4)c4ccccc43)cc2)c2ccccc2C1=O. The van der Waals surface area contributed by atoms with E-state index in [0.29, 0.717) is 36.6 Å². The van der Waals surface area contributed by atoms with Crippen LogP contribution in [0.2, 0.25) is 0 Å². The first-order valence-electron chi connectivity index (χ1n) is 13.6. The Bertz CT molecular complexity index is 1570. The number of hydrogen-bond donors (Lipinski definition) is 1. The second-order valence-electron chi connectivity index (χ2n) is 10.3. The molecule has 0 saturated carbocycles. The van der Waals surface area contributed by atoms with Gasteiger partial charge in [-0.25, -0.2) is 0 Å². The van der Waals surface area contributed by atoms with Crippen molar-refractivity contribution in [3.8, 4) is 0 Å². The maximum absolute atomic E-state index is 13.0. The molecule has 4 aromatic rings. The standard InChI is InChI=1S/C31H31N5O4/c1-34-20-28(37)35(26-10-4-3-9-25(26)31(34)39)18-21-12-14-22(15-13-21)19-36-27-11-5-2-8-24(27)29(33-36)30(38)32-17-23-7-6-16-40-23/h2-5,8-15,23H,6-7,16-20H2,1H3,(H,32,38). The van der Waals surface area contributed by atoms with E-state index in [-0.39, 0.29) is 30.4 Å². The zero-order chi connectivity index (χ0) is 27.6. The van der Waals surface area contributed by atoms with Crippen molar-refractivity contribution in [3.05, 3.63) is 95.2 Å². The first-order chi connectivity index (χ1) is 19.5. The van der Waals surface area contributed by atoms with Crippen LogP contribution in [0.3, 0.4) is 0 Å². The van der Waals surface area contributed by atoms with Gasteiger partial charge in [0.05, 0.1) is 36.0 Å². The van der Waals surface area contributed by atoms with Crippen molar-refractivity contribution in [2.24, 2.45) is 0 Å². The van der Waals surface area contributed by atoms with Gasteiger partial charge in [-0.3, -0.25) is 19.1 Å². The number of aromatic nitrogens is 2. The van der Waals surface area contributed by atoms with Crippen LogP contribution in [0, 0.1) is 0 Å². The van der Waals surface area contributed by atoms with Crippen molar-refractivity contribution in [2.75, 3.05) is 31.6 Å². The van der Waals surface area contributed by atoms with Crippen molar-refractivity contribution in [3.63, 3.8) is 0 Å². The number of nitrogens with zero attached hydrogens (tertiary/aromatic N) is 4. The molecule has 0 bridgehead atoms. The summed E-state index contributed by atoms with van der Waals surface area (Å²) in [6.45, 7) is 2.11. The lowest BCUT2D eigenvalue weighted by atomic mass is 10.1. The minimum atomic E-state index is -0.202. The van der Waals surface area contributed by atoms with E-state index in [1.54, 1.807) is 18.0 Å². The minimum Gasteiger partial charge on any atom is -0.376 e. The van der Waals surface area contributed by atoms with Crippen molar-refractivity contribution < 1.29 is 19.1 Å². The molecule has 0 radical (unpaired) electrons. The number of anilines is 1. The largest absolute Gasteiger partial charge is 0.376 e. The normalized spacial score (nSPS) is 17.3. The van der Waals surface area contributed by atoms with Crippen LogP contribution in [0.4, 0.5) is 5.69 Å². The van der Waals surface area contributed by atoms with E-state index < -0.39 is 0 Å². The highest BCUT2D eigenvalue weighted by Gasteiger charge is 2.29. The minimum absolute atomic E-state index is 0.0293. The maximum Gasteiger partial charge on any atom is 0.272 e. The molecule has 0 spiro atoms. The van der Waals surface area contributed by atoms with Crippen LogP contribution in [0.15, 0.2) is 72.8 Å². The Morgan fingerprint density at radius 3 is 2.48 bits per heavy atom. The van der Waals surface area contributed by atoms with Crippen LogP contribution in [0.25, 0.3) is 10.9 Å². The van der Waals surface area contributed by atoms with E-state index in [4.69, 9.17) is 4.74 Å². The summed E-state index contributed by atoms with van der Waals surface area (Å²) in [7, 11) is 1.65. The van der Waals surface area contributed by atoms with E-state index in [2.05, 4.69) is 10.4 Å². The Morgan fingerprint density at radius 1 is 0.975 bits per heavy atom. The molecule has 1 unspecified atom stereocenters. The van der Waals surface area contributed by atoms with Gasteiger partial charge in [0, 0.05) is 25.6 Å². The van der Waals surface area contributed by atoms with Crippen molar-refractivity contribution in [2.45, 2.75) is 32.0 Å². The van der Waals surface area contributed by atoms with Crippen LogP contribution >= 0.6 is 0 Å². The number of hydrogen-bond acceptors (Lipinski definition) is 5. The average Bonchev–Trinajstić information content (AvgIpc) is 3.62. The molecule has 0 aliphatic carbocycles. The maximum atomic E-state index is 13.0. The van der Waals surface area contributed by atoms with Gasteiger partial charge < -0.3 is 19.9 Å². The summed E-state index contributed by atoms with van der Waals surface area (Å²) < 4.78 is 7.48. The number of rotatable bonds is 7. The number of ether oxygens (including phenoxy) is 1. The fraction of sp³-hybridized carbons (Fsp3) is 0.290. The molecule has 1 saturated heterocycles. The number of likely N-dealkylation sites (N-methyl/N-ethyl adjacent to an activating group) is 1. The van der Waals surface area contributed by atoms with Gasteiger partial charge in [-0.15, -0.1) is 0 Å². The van der Waals surface area contributed by atoms with E-state index in [1.807, 2.05) is 71.4 Å². The lowest BCUT2D eigenvalue weighted by Crippen LogP contribution is -2.37. The van der Waals surface area contributed by atoms with Crippen LogP contribution in [0.5, 0.6) is 0 Å². The van der Waals surface area contributed by atoms with Crippen molar-refractivity contribution in [1.29, 1.82) is 0 Å². The molecule has 204 valence electrons. The van der Waals surface area contributed by atoms with E-state index >= 15 is 0 Å². The van der Waals surface area contributed by atoms with Crippen molar-refractivity contribution in [1.82, 2.24) is 20.0 Å². The summed E-state index contributed by atoms with van der Waals surface area (Å²) in [5.41, 5.74) is 4.40. The first kappa shape index (κ1) is 25.8. The van der Waals surface area contributed by atoms with Gasteiger partial charge >= 0.3 is 0 Å². The highest BCUT2D eigenvalue weighted by molar-refractivity contribution is 6.09. The van der Waals surface area contributed by atoms with Gasteiger partial charge in [0.15, 0.2) is 5.69 Å². The Balaban J connectivity index is 1.19. The summed E-state index contributed by atoms with van der Waals surface area (Å²) in [5, 5.41) is 8.47. The molecule has 9 heteroatoms. The molecule has 1 fully saturated rings. The third kappa shape index (κ3) is 5.08. The topological polar surface area (TPSA) is 96.8 Å². The van der Waals surface area contributed by atoms with E-state index in [1.165, 1.54) is 4.90 Å². The second kappa shape index (κ2) is 10.9. The zero-order valence-corrected chi connectivity index (χ0v) is 22.4. The van der Waals surface area contributed by atoms with Gasteiger partial charge in [-0.1, -0.05) is 54.6 Å². The number of para-hydroxylation sites is 2. The molecule has 3 amide bonds. The third-order valence-corrected chi connectivity index (χ3v) is 7.53. The van der Waals surface area contributed by atoms with Gasteiger partial charge in [0.25, 0.3) is 11.8 Å². The molecule has 1 atom stereocenters. The summed E-state index contributed by atoms with van der Waals surface area (Å²) in [6, 6.07) is 23.0. The molecule has 3 aromatic carbocycles. The highest BCUT2D eigenvalue weighted by atomic mass is 16.5. The third-order valence-electron chi connectivity index (χ3n) is 7.53. The second-order valence-corrected chi connectivity index (χ2v) is 10.3. The van der Waals surface area contributed by atoms with Crippen LogP contribution in [-0.4, -0.2) is 65.2 Å². The number of amides is 3. The summed E-state index contributed by atoms with van der Waals surface area (Å²) in [6.07, 6.45) is 2.05. The molecule has 2 aliphatic heterocycles. The molecule has 9 nitrogen and oxygen atoms in total. The van der Waals surface area contributed by atoms with Gasteiger partial charge in [-0.05, 0) is 42.2 Å². The summed E-state index contributed by atoms with van der Waals surface area (Å²) in [4.78, 5) is 41.9. The fourth-order valence-electron chi connectivity index (χ4n) is 5.38. The average molecular weight is 538 g/mol. The molecule has 1 aromatic heterocycles. The molecule has 6 rings (SSSR count). The van der Waals surface area contributed by atoms with E-state index in [9.17, 15) is 14.4 Å². The number of carbonyl (C=O) groups excluding carboxylic acids is 3. The van der Waals surface area contributed by atoms with Gasteiger partial charge in [-0.2, -0.15) is 5.10 Å². The lowest BCUT2D eigenvalue weighted by Gasteiger charge is -2.22. The van der Waals surface area contributed by atoms with E-state index in [0.717, 1.165) is 41.5 Å². The number of carbonyl (C=O) groups is 3. The molecule has 40 heavy (non-hydrogen) atoms. The molecular formula is C31H31N5O4. The highest BCUT2D eigenvalue weighted by Crippen LogP contribution is 2.27. The molecule has 2 aliphatic rings. The van der Waals surface area contributed by atoms with Crippen LogP contribution < -0.4 is 10.2 Å². The number of benzene rings is 3. The Hall–Kier alpha value is -4.50. The predicted octanol–water partition coefficient (Wildman–Crippen LogP) is 3.61. The summed E-state index contributed by atoms with van der Waals surface area (Å²) in [5.74, 6) is -0.487. The quantitative estimate of drug-likeness (QED) is 0.389. The summed E-state index contributed by atoms with van der Waals surface area (Å²) >= 11 is 0. The Morgan fingerprint density at radius 2 is 1.70 bits per heavy atom. The molecule has 3 heterocycles. The Labute approximate surface area is 232 Å². The predicted molar refractivity (Wildman–Crippen MR) is 151 cm³/mol. The Kier molecular flexibility index (Phi) is 7.04. The monoisotopic (exact) mass is 537 g/mol.